The molecule has 0 unspecified atom stereocenters. The van der Waals surface area contributed by atoms with Crippen LogP contribution in [0.2, 0.25) is 0 Å². The van der Waals surface area contributed by atoms with Gasteiger partial charge in [-0.25, -0.2) is 9.97 Å². The summed E-state index contributed by atoms with van der Waals surface area (Å²) in [6.45, 7) is 0. The second-order valence-corrected chi connectivity index (χ2v) is 7.32. The zero-order chi connectivity index (χ0) is 23.9. The molecule has 1 N–H and O–H groups in total. The fourth-order valence-electron chi connectivity index (χ4n) is 3.44. The first-order chi connectivity index (χ1) is 16.6. The first kappa shape index (κ1) is 22.4. The van der Waals surface area contributed by atoms with Crippen LogP contribution in [0.25, 0.3) is 11.3 Å². The highest BCUT2D eigenvalue weighted by atomic mass is 16.5. The van der Waals surface area contributed by atoms with E-state index in [1.54, 1.807) is 62.1 Å². The van der Waals surface area contributed by atoms with Gasteiger partial charge in [-0.2, -0.15) is 5.26 Å². The number of nitrogens with zero attached hydrogens (tertiary/aromatic N) is 4. The van der Waals surface area contributed by atoms with Gasteiger partial charge in [-0.05, 0) is 54.1 Å². The number of ether oxygens (including phenoxy) is 2. The smallest absolute Gasteiger partial charge is 0.255 e. The molecule has 1 amide bonds. The highest BCUT2D eigenvalue weighted by Crippen LogP contribution is 2.26. The van der Waals surface area contributed by atoms with Crippen LogP contribution in [0, 0.1) is 11.3 Å². The molecule has 0 spiro atoms. The Morgan fingerprint density at radius 1 is 1.00 bits per heavy atom. The summed E-state index contributed by atoms with van der Waals surface area (Å²) in [5, 5.41) is 12.3. The van der Waals surface area contributed by atoms with Gasteiger partial charge < -0.3 is 14.8 Å². The Kier molecular flexibility index (Phi) is 6.75. The molecule has 0 saturated carbocycles. The SMILES string of the molecule is COc1cc(Cc2nccc(-c3ccc(OC)c(C#N)c3)n2)cc(NC(=O)c2ccncc2)c1. The Bertz CT molecular complexity index is 1370. The molecule has 4 rings (SSSR count). The van der Waals surface area contributed by atoms with Crippen LogP contribution in [0.15, 0.2) is 73.2 Å². The van der Waals surface area contributed by atoms with Crippen LogP contribution in [-0.4, -0.2) is 35.1 Å². The fourth-order valence-corrected chi connectivity index (χ4v) is 3.44. The number of anilines is 1. The lowest BCUT2D eigenvalue weighted by molar-refractivity contribution is 0.102. The standard InChI is InChI=1S/C26H21N5O3/c1-33-22-12-17(11-21(15-22)30-26(32)18-5-8-28-9-6-18)13-25-29-10-7-23(31-25)19-3-4-24(34-2)20(14-19)16-27/h3-12,14-15H,13H2,1-2H3,(H,30,32). The van der Waals surface area contributed by atoms with Crippen LogP contribution in [0.3, 0.4) is 0 Å². The number of benzene rings is 2. The average molecular weight is 451 g/mol. The minimum Gasteiger partial charge on any atom is -0.497 e. The Labute approximate surface area is 196 Å². The van der Waals surface area contributed by atoms with Gasteiger partial charge in [0.1, 0.15) is 23.4 Å². The van der Waals surface area contributed by atoms with Crippen molar-refractivity contribution in [1.82, 2.24) is 15.0 Å². The summed E-state index contributed by atoms with van der Waals surface area (Å²) in [6, 6.07) is 18.0. The Hall–Kier alpha value is -4.77. The maximum absolute atomic E-state index is 12.5. The molecule has 0 radical (unpaired) electrons. The molecule has 0 bridgehead atoms. The summed E-state index contributed by atoms with van der Waals surface area (Å²) in [5.41, 5.74) is 3.89. The van der Waals surface area contributed by atoms with Gasteiger partial charge in [0.2, 0.25) is 0 Å². The topological polar surface area (TPSA) is 110 Å². The van der Waals surface area contributed by atoms with Crippen molar-refractivity contribution in [3.63, 3.8) is 0 Å². The van der Waals surface area contributed by atoms with Crippen molar-refractivity contribution in [1.29, 1.82) is 5.26 Å². The number of nitriles is 1. The Morgan fingerprint density at radius 2 is 1.82 bits per heavy atom. The molecule has 34 heavy (non-hydrogen) atoms. The van der Waals surface area contributed by atoms with Gasteiger partial charge in [0, 0.05) is 47.9 Å². The van der Waals surface area contributed by atoms with E-state index in [1.165, 1.54) is 7.11 Å². The van der Waals surface area contributed by atoms with Gasteiger partial charge in [-0.15, -0.1) is 0 Å². The van der Waals surface area contributed by atoms with E-state index in [2.05, 4.69) is 26.3 Å². The fraction of sp³-hybridized carbons (Fsp3) is 0.115. The summed E-state index contributed by atoms with van der Waals surface area (Å²) in [7, 11) is 3.10. The Balaban J connectivity index is 1.59. The van der Waals surface area contributed by atoms with Gasteiger partial charge in [0.05, 0.1) is 25.5 Å². The van der Waals surface area contributed by atoms with E-state index in [0.717, 1.165) is 11.1 Å². The van der Waals surface area contributed by atoms with E-state index < -0.39 is 0 Å². The molecule has 4 aromatic rings. The van der Waals surface area contributed by atoms with E-state index in [0.29, 0.717) is 46.3 Å². The first-order valence-electron chi connectivity index (χ1n) is 10.4. The van der Waals surface area contributed by atoms with Crippen molar-refractivity contribution in [3.05, 3.63) is 95.7 Å². The monoisotopic (exact) mass is 451 g/mol. The molecule has 0 aliphatic rings. The normalized spacial score (nSPS) is 10.3. The minimum absolute atomic E-state index is 0.243. The molecule has 2 aromatic heterocycles. The van der Waals surface area contributed by atoms with E-state index in [1.807, 2.05) is 18.2 Å². The third-order valence-electron chi connectivity index (χ3n) is 5.09. The van der Waals surface area contributed by atoms with Crippen LogP contribution < -0.4 is 14.8 Å². The van der Waals surface area contributed by atoms with E-state index in [4.69, 9.17) is 9.47 Å². The molecule has 2 heterocycles. The summed E-state index contributed by atoms with van der Waals surface area (Å²) in [5.74, 6) is 1.46. The zero-order valence-electron chi connectivity index (χ0n) is 18.6. The van der Waals surface area contributed by atoms with Crippen molar-refractivity contribution in [2.75, 3.05) is 19.5 Å². The van der Waals surface area contributed by atoms with Crippen molar-refractivity contribution < 1.29 is 14.3 Å². The van der Waals surface area contributed by atoms with Crippen LogP contribution in [0.4, 0.5) is 5.69 Å². The van der Waals surface area contributed by atoms with Gasteiger partial charge in [0.25, 0.3) is 5.91 Å². The van der Waals surface area contributed by atoms with Gasteiger partial charge in [0.15, 0.2) is 0 Å². The number of aromatic nitrogens is 3. The van der Waals surface area contributed by atoms with Crippen LogP contribution in [0.5, 0.6) is 11.5 Å². The van der Waals surface area contributed by atoms with E-state index >= 15 is 0 Å². The first-order valence-corrected chi connectivity index (χ1v) is 10.4. The Morgan fingerprint density at radius 3 is 2.56 bits per heavy atom. The number of pyridine rings is 1. The predicted molar refractivity (Wildman–Crippen MR) is 127 cm³/mol. The zero-order valence-corrected chi connectivity index (χ0v) is 18.6. The van der Waals surface area contributed by atoms with Gasteiger partial charge in [-0.3, -0.25) is 9.78 Å². The van der Waals surface area contributed by atoms with Crippen LogP contribution in [0.1, 0.15) is 27.3 Å². The highest BCUT2D eigenvalue weighted by Gasteiger charge is 2.11. The van der Waals surface area contributed by atoms with Crippen LogP contribution in [-0.2, 0) is 6.42 Å². The molecule has 168 valence electrons. The second-order valence-electron chi connectivity index (χ2n) is 7.32. The molecule has 0 fully saturated rings. The van der Waals surface area contributed by atoms with E-state index in [9.17, 15) is 10.1 Å². The van der Waals surface area contributed by atoms with Crippen molar-refractivity contribution >= 4 is 11.6 Å². The number of methoxy groups -OCH3 is 2. The maximum atomic E-state index is 12.5. The molecule has 8 nitrogen and oxygen atoms in total. The molecular formula is C26H21N5O3. The van der Waals surface area contributed by atoms with E-state index in [-0.39, 0.29) is 5.91 Å². The van der Waals surface area contributed by atoms with Crippen molar-refractivity contribution in [2.24, 2.45) is 0 Å². The summed E-state index contributed by atoms with van der Waals surface area (Å²) in [6.07, 6.45) is 5.24. The molecule has 8 heteroatoms. The minimum atomic E-state index is -0.243. The van der Waals surface area contributed by atoms with Crippen molar-refractivity contribution in [2.45, 2.75) is 6.42 Å². The summed E-state index contributed by atoms with van der Waals surface area (Å²) >= 11 is 0. The maximum Gasteiger partial charge on any atom is 0.255 e. The number of nitrogens with one attached hydrogen (secondary N) is 1. The number of rotatable bonds is 7. The van der Waals surface area contributed by atoms with Gasteiger partial charge in [-0.1, -0.05) is 0 Å². The molecule has 0 saturated heterocycles. The molecular weight excluding hydrogens is 430 g/mol. The third-order valence-corrected chi connectivity index (χ3v) is 5.09. The van der Waals surface area contributed by atoms with Gasteiger partial charge >= 0.3 is 0 Å². The molecule has 2 aromatic carbocycles. The number of carbonyl (C=O) groups is 1. The average Bonchev–Trinajstić information content (AvgIpc) is 2.88. The highest BCUT2D eigenvalue weighted by molar-refractivity contribution is 6.04. The summed E-state index contributed by atoms with van der Waals surface area (Å²) < 4.78 is 10.6. The predicted octanol–water partition coefficient (Wildman–Crippen LogP) is 4.27. The van der Waals surface area contributed by atoms with Crippen molar-refractivity contribution in [3.8, 4) is 28.8 Å². The van der Waals surface area contributed by atoms with Crippen LogP contribution >= 0.6 is 0 Å². The molecule has 0 atom stereocenters. The number of amides is 1. The quantitative estimate of drug-likeness (QED) is 0.447. The number of hydrogen-bond donors (Lipinski definition) is 1. The lowest BCUT2D eigenvalue weighted by Crippen LogP contribution is -2.12. The molecule has 0 aliphatic carbocycles. The lowest BCUT2D eigenvalue weighted by Gasteiger charge is -2.11. The summed E-state index contributed by atoms with van der Waals surface area (Å²) in [4.78, 5) is 25.5. The number of carbonyl (C=O) groups excluding carboxylic acids is 1. The number of hydrogen-bond acceptors (Lipinski definition) is 7. The second kappa shape index (κ2) is 10.2. The third kappa shape index (κ3) is 5.16. The molecule has 0 aliphatic heterocycles. The largest absolute Gasteiger partial charge is 0.497 e. The lowest BCUT2D eigenvalue weighted by atomic mass is 10.1.